The molecule has 0 atom stereocenters. The average molecular weight is 184 g/mol. The molecule has 0 unspecified atom stereocenters. The first kappa shape index (κ1) is 14.5. The van der Waals surface area contributed by atoms with Gasteiger partial charge in [-0.2, -0.15) is 0 Å². The van der Waals surface area contributed by atoms with Crippen LogP contribution in [0.5, 0.6) is 0 Å². The van der Waals surface area contributed by atoms with E-state index >= 15 is 0 Å². The van der Waals surface area contributed by atoms with E-state index in [0.717, 1.165) is 6.08 Å². The van der Waals surface area contributed by atoms with Gasteiger partial charge in [-0.15, -0.1) is 0 Å². The Morgan fingerprint density at radius 3 is 2.23 bits per heavy atom. The second kappa shape index (κ2) is 13.5. The molecule has 0 aromatic carbocycles. The van der Waals surface area contributed by atoms with Gasteiger partial charge in [0.15, 0.2) is 0 Å². The topological polar surface area (TPSA) is 37.3 Å². The van der Waals surface area contributed by atoms with Crippen LogP contribution < -0.4 is 0 Å². The molecule has 0 aromatic rings. The lowest BCUT2D eigenvalue weighted by Gasteiger charge is -1.85. The van der Waals surface area contributed by atoms with E-state index in [1.165, 1.54) is 25.7 Å². The smallest absolute Gasteiger partial charge is 0.327 e. The van der Waals surface area contributed by atoms with Crippen LogP contribution in [-0.4, -0.2) is 11.1 Å². The summed E-state index contributed by atoms with van der Waals surface area (Å²) in [5.74, 6) is -0.981. The first-order chi connectivity index (χ1) is 6.18. The van der Waals surface area contributed by atoms with Crippen molar-refractivity contribution in [1.29, 1.82) is 0 Å². The van der Waals surface area contributed by atoms with E-state index in [1.807, 2.05) is 0 Å². The van der Waals surface area contributed by atoms with E-state index in [0.29, 0.717) is 0 Å². The molecule has 0 bridgehead atoms. The number of carboxylic acid groups (broad SMARTS) is 1. The summed E-state index contributed by atoms with van der Waals surface area (Å²) >= 11 is 0. The number of unbranched alkanes of at least 4 members (excludes halogenated alkanes) is 2. The molecule has 0 rings (SSSR count). The van der Waals surface area contributed by atoms with Gasteiger partial charge < -0.3 is 5.11 Å². The van der Waals surface area contributed by atoms with Crippen molar-refractivity contribution in [2.75, 3.05) is 0 Å². The molecule has 0 heterocycles. The molecule has 76 valence electrons. The third-order valence-corrected chi connectivity index (χ3v) is 1.30. The third-order valence-electron chi connectivity index (χ3n) is 1.30. The normalized spacial score (nSPS) is 9.08. The fraction of sp³-hybridized carbons (Fsp3) is 0.545. The first-order valence-electron chi connectivity index (χ1n) is 4.69. The number of aliphatic carboxylic acids is 1. The highest BCUT2D eigenvalue weighted by Gasteiger charge is 1.74. The number of rotatable bonds is 5. The predicted octanol–water partition coefficient (Wildman–Crippen LogP) is 3.40. The molecule has 0 aliphatic rings. The van der Waals surface area contributed by atoms with Crippen molar-refractivity contribution in [2.24, 2.45) is 0 Å². The van der Waals surface area contributed by atoms with Gasteiger partial charge in [0.05, 0.1) is 0 Å². The van der Waals surface area contributed by atoms with Gasteiger partial charge >= 0.3 is 5.97 Å². The van der Waals surface area contributed by atoms with Crippen LogP contribution in [-0.2, 0) is 4.79 Å². The summed E-state index contributed by atoms with van der Waals surface area (Å²) in [5, 5.41) is 7.60. The van der Waals surface area contributed by atoms with Crippen molar-refractivity contribution in [3.05, 3.63) is 24.8 Å². The van der Waals surface area contributed by atoms with Gasteiger partial charge in [0.25, 0.3) is 0 Å². The van der Waals surface area contributed by atoms with Gasteiger partial charge in [0.2, 0.25) is 0 Å². The number of carboxylic acids is 1. The zero-order valence-corrected chi connectivity index (χ0v) is 8.62. The maximum Gasteiger partial charge on any atom is 0.327 e. The Kier molecular flexibility index (Phi) is 15.1. The summed E-state index contributed by atoms with van der Waals surface area (Å²) in [7, 11) is 0. The zero-order valence-electron chi connectivity index (χ0n) is 8.62. The SMILES string of the molecule is C=CC(=O)O.CCC=CCCCC. The summed E-state index contributed by atoms with van der Waals surface area (Å²) in [6, 6.07) is 0. The molecule has 0 spiro atoms. The zero-order chi connectivity index (χ0) is 10.5. The molecule has 13 heavy (non-hydrogen) atoms. The van der Waals surface area contributed by atoms with Crippen molar-refractivity contribution in [2.45, 2.75) is 39.5 Å². The van der Waals surface area contributed by atoms with Gasteiger partial charge in [0.1, 0.15) is 0 Å². The summed E-state index contributed by atoms with van der Waals surface area (Å²) in [6.07, 6.45) is 10.4. The van der Waals surface area contributed by atoms with Crippen LogP contribution in [0.1, 0.15) is 39.5 Å². The second-order valence-electron chi connectivity index (χ2n) is 2.56. The van der Waals surface area contributed by atoms with Crippen LogP contribution >= 0.6 is 0 Å². The fourth-order valence-electron chi connectivity index (χ4n) is 0.606. The highest BCUT2D eigenvalue weighted by molar-refractivity contribution is 5.78. The number of hydrogen-bond donors (Lipinski definition) is 1. The Labute approximate surface area is 81.0 Å². The Morgan fingerprint density at radius 2 is 1.92 bits per heavy atom. The molecule has 0 amide bonds. The molecular weight excluding hydrogens is 164 g/mol. The number of carbonyl (C=O) groups is 1. The van der Waals surface area contributed by atoms with Crippen molar-refractivity contribution >= 4 is 5.97 Å². The number of hydrogen-bond acceptors (Lipinski definition) is 1. The molecular formula is C11H20O2. The molecule has 0 saturated carbocycles. The largest absolute Gasteiger partial charge is 0.478 e. The van der Waals surface area contributed by atoms with Crippen molar-refractivity contribution < 1.29 is 9.90 Å². The van der Waals surface area contributed by atoms with Crippen molar-refractivity contribution in [3.8, 4) is 0 Å². The van der Waals surface area contributed by atoms with E-state index in [1.54, 1.807) is 0 Å². The van der Waals surface area contributed by atoms with E-state index in [4.69, 9.17) is 5.11 Å². The lowest BCUT2D eigenvalue weighted by Crippen LogP contribution is -1.82. The second-order valence-corrected chi connectivity index (χ2v) is 2.56. The van der Waals surface area contributed by atoms with Crippen LogP contribution in [0.25, 0.3) is 0 Å². The minimum Gasteiger partial charge on any atom is -0.478 e. The quantitative estimate of drug-likeness (QED) is 0.404. The molecule has 0 radical (unpaired) electrons. The molecule has 0 saturated heterocycles. The maximum atomic E-state index is 9.25. The van der Waals surface area contributed by atoms with E-state index in [2.05, 4.69) is 32.6 Å². The fourth-order valence-corrected chi connectivity index (χ4v) is 0.606. The minimum absolute atomic E-state index is 0.833. The van der Waals surface area contributed by atoms with Gasteiger partial charge in [-0.25, -0.2) is 4.79 Å². The van der Waals surface area contributed by atoms with Crippen LogP contribution in [0.4, 0.5) is 0 Å². The molecule has 1 N–H and O–H groups in total. The summed E-state index contributed by atoms with van der Waals surface area (Å²) in [4.78, 5) is 9.25. The monoisotopic (exact) mass is 184 g/mol. The molecule has 2 nitrogen and oxygen atoms in total. The van der Waals surface area contributed by atoms with Crippen LogP contribution in [0.15, 0.2) is 24.8 Å². The van der Waals surface area contributed by atoms with E-state index in [-0.39, 0.29) is 0 Å². The Bertz CT molecular complexity index is 148. The standard InChI is InChI=1S/C8H16.C3H4O2/c1-3-5-7-8-6-4-2;1-2-3(4)5/h5,7H,3-4,6,8H2,1-2H3;2H,1H2,(H,4,5). The Balaban J connectivity index is 0. The van der Waals surface area contributed by atoms with Crippen molar-refractivity contribution in [3.63, 3.8) is 0 Å². The third kappa shape index (κ3) is 24.8. The van der Waals surface area contributed by atoms with Gasteiger partial charge in [-0.05, 0) is 12.8 Å². The molecule has 0 aromatic heterocycles. The van der Waals surface area contributed by atoms with E-state index in [9.17, 15) is 4.79 Å². The highest BCUT2D eigenvalue weighted by Crippen LogP contribution is 1.94. The van der Waals surface area contributed by atoms with Crippen LogP contribution in [0.3, 0.4) is 0 Å². The number of allylic oxidation sites excluding steroid dienone is 2. The van der Waals surface area contributed by atoms with Crippen LogP contribution in [0.2, 0.25) is 0 Å². The lowest BCUT2D eigenvalue weighted by atomic mass is 10.2. The summed E-state index contributed by atoms with van der Waals surface area (Å²) in [5.41, 5.74) is 0. The van der Waals surface area contributed by atoms with Gasteiger partial charge in [-0.1, -0.05) is 45.4 Å². The summed E-state index contributed by atoms with van der Waals surface area (Å²) < 4.78 is 0. The Morgan fingerprint density at radius 1 is 1.38 bits per heavy atom. The Hall–Kier alpha value is -1.05. The molecule has 0 aliphatic heterocycles. The van der Waals surface area contributed by atoms with Crippen molar-refractivity contribution in [1.82, 2.24) is 0 Å². The minimum atomic E-state index is -0.981. The van der Waals surface area contributed by atoms with E-state index < -0.39 is 5.97 Å². The van der Waals surface area contributed by atoms with Crippen LogP contribution in [0, 0.1) is 0 Å². The van der Waals surface area contributed by atoms with Gasteiger partial charge in [-0.3, -0.25) is 0 Å². The maximum absolute atomic E-state index is 9.25. The summed E-state index contributed by atoms with van der Waals surface area (Å²) in [6.45, 7) is 7.35. The predicted molar refractivity (Wildman–Crippen MR) is 56.8 cm³/mol. The van der Waals surface area contributed by atoms with Gasteiger partial charge in [0, 0.05) is 6.08 Å². The highest BCUT2D eigenvalue weighted by atomic mass is 16.4. The lowest BCUT2D eigenvalue weighted by molar-refractivity contribution is -0.131. The molecule has 0 aliphatic carbocycles. The molecule has 2 heteroatoms. The average Bonchev–Trinajstić information content (AvgIpc) is 2.14. The first-order valence-corrected chi connectivity index (χ1v) is 4.69. The molecule has 0 fully saturated rings.